The molecule has 0 saturated carbocycles. The Balaban J connectivity index is 2.33. The van der Waals surface area contributed by atoms with Gasteiger partial charge in [0.1, 0.15) is 12.6 Å². The third-order valence-electron chi connectivity index (χ3n) is 2.41. The minimum absolute atomic E-state index is 0.0318. The van der Waals surface area contributed by atoms with Crippen molar-refractivity contribution in [3.05, 3.63) is 0 Å². The molecule has 0 radical (unpaired) electrons. The van der Waals surface area contributed by atoms with E-state index in [2.05, 4.69) is 0 Å². The number of nitrogens with zero attached hydrogens (tertiary/aromatic N) is 1. The first-order valence-corrected chi connectivity index (χ1v) is 5.84. The van der Waals surface area contributed by atoms with Gasteiger partial charge >= 0.3 is 5.97 Å². The Kier molecular flexibility index (Phi) is 5.55. The smallest absolute Gasteiger partial charge is 0.328 e. The number of carbonyl (C=O) groups excluding carboxylic acids is 2. The number of esters is 1. The van der Waals surface area contributed by atoms with Crippen molar-refractivity contribution >= 4 is 23.5 Å². The van der Waals surface area contributed by atoms with Crippen molar-refractivity contribution in [1.82, 2.24) is 4.90 Å². The summed E-state index contributed by atoms with van der Waals surface area (Å²) in [7, 11) is 0. The van der Waals surface area contributed by atoms with Crippen molar-refractivity contribution in [2.24, 2.45) is 0 Å². The van der Waals surface area contributed by atoms with Crippen molar-refractivity contribution in [1.29, 1.82) is 0 Å². The van der Waals surface area contributed by atoms with Gasteiger partial charge in [-0.1, -0.05) is 0 Å². The van der Waals surface area contributed by atoms with Crippen molar-refractivity contribution < 1.29 is 19.1 Å². The zero-order valence-corrected chi connectivity index (χ0v) is 10.0. The Morgan fingerprint density at radius 3 is 2.94 bits per heavy atom. The van der Waals surface area contributed by atoms with Gasteiger partial charge in [-0.05, 0) is 13.3 Å². The van der Waals surface area contributed by atoms with Crippen LogP contribution in [0.3, 0.4) is 0 Å². The van der Waals surface area contributed by atoms with Crippen molar-refractivity contribution in [2.45, 2.75) is 25.8 Å². The van der Waals surface area contributed by atoms with Gasteiger partial charge in [-0.25, -0.2) is 4.79 Å². The monoisotopic (exact) mass is 249 g/mol. The molecule has 1 fully saturated rings. The molecule has 1 unspecified atom stereocenters. The molecule has 0 aromatic carbocycles. The quantitative estimate of drug-likeness (QED) is 0.302. The summed E-state index contributed by atoms with van der Waals surface area (Å²) in [5, 5.41) is 0. The molecule has 1 rings (SSSR count). The summed E-state index contributed by atoms with van der Waals surface area (Å²) >= 11 is 5.60. The fourth-order valence-corrected chi connectivity index (χ4v) is 1.87. The zero-order chi connectivity index (χ0) is 12.0. The van der Waals surface area contributed by atoms with Crippen LogP contribution in [0.25, 0.3) is 0 Å². The maximum Gasteiger partial charge on any atom is 0.328 e. The van der Waals surface area contributed by atoms with Crippen LogP contribution in [-0.4, -0.2) is 48.6 Å². The average molecular weight is 250 g/mol. The summed E-state index contributed by atoms with van der Waals surface area (Å²) < 4.78 is 10.0. The van der Waals surface area contributed by atoms with Gasteiger partial charge in [0.2, 0.25) is 5.91 Å². The summed E-state index contributed by atoms with van der Waals surface area (Å²) in [5.41, 5.74) is 0. The van der Waals surface area contributed by atoms with Crippen LogP contribution in [0.4, 0.5) is 0 Å². The molecule has 92 valence electrons. The molecule has 0 aromatic rings. The lowest BCUT2D eigenvalue weighted by Crippen LogP contribution is -2.39. The maximum atomic E-state index is 11.6. The van der Waals surface area contributed by atoms with Gasteiger partial charge in [0.05, 0.1) is 12.6 Å². The van der Waals surface area contributed by atoms with Gasteiger partial charge in [-0.2, -0.15) is 0 Å². The van der Waals surface area contributed by atoms with Crippen LogP contribution in [0.1, 0.15) is 19.8 Å². The number of hydrogen-bond acceptors (Lipinski definition) is 4. The largest absolute Gasteiger partial charge is 0.462 e. The van der Waals surface area contributed by atoms with E-state index >= 15 is 0 Å². The van der Waals surface area contributed by atoms with E-state index in [4.69, 9.17) is 21.1 Å². The highest BCUT2D eigenvalue weighted by molar-refractivity contribution is 6.18. The topological polar surface area (TPSA) is 55.8 Å². The second-order valence-electron chi connectivity index (χ2n) is 3.40. The minimum Gasteiger partial charge on any atom is -0.462 e. The molecule has 0 aliphatic carbocycles. The predicted octanol–water partition coefficient (Wildman–Crippen LogP) is 0.753. The van der Waals surface area contributed by atoms with Crippen LogP contribution < -0.4 is 0 Å². The predicted molar refractivity (Wildman–Crippen MR) is 58.0 cm³/mol. The number of hydrogen-bond donors (Lipinski definition) is 0. The Bertz CT molecular complexity index is 259. The number of likely N-dealkylation sites (tertiary alicyclic amines) is 1. The molecule has 1 heterocycles. The normalized spacial score (nSPS) is 20.2. The summed E-state index contributed by atoms with van der Waals surface area (Å²) in [5.74, 6) is -0.493. The van der Waals surface area contributed by atoms with Gasteiger partial charge in [-0.15, -0.1) is 11.6 Å². The summed E-state index contributed by atoms with van der Waals surface area (Å²) in [6.07, 6.45) is 0.844. The van der Waals surface area contributed by atoms with Crippen molar-refractivity contribution in [3.63, 3.8) is 0 Å². The van der Waals surface area contributed by atoms with E-state index in [1.54, 1.807) is 0 Å². The highest BCUT2D eigenvalue weighted by Crippen LogP contribution is 2.20. The standard InChI is InChI=1S/C10H16ClNO4/c1-2-15-5-6-16-10(14)8-3-4-9(13)12(8)7-11/h8H,2-7H2,1H3. The second-order valence-corrected chi connectivity index (χ2v) is 3.64. The van der Waals surface area contributed by atoms with Crippen LogP contribution >= 0.6 is 11.6 Å². The average Bonchev–Trinajstić information content (AvgIpc) is 2.65. The molecule has 16 heavy (non-hydrogen) atoms. The molecular formula is C10H16ClNO4. The SMILES string of the molecule is CCOCCOC(=O)C1CCC(=O)N1CCl. The van der Waals surface area contributed by atoms with Gasteiger partial charge in [0.15, 0.2) is 0 Å². The van der Waals surface area contributed by atoms with Crippen molar-refractivity contribution in [3.8, 4) is 0 Å². The number of alkyl halides is 1. The third-order valence-corrected chi connectivity index (χ3v) is 2.66. The molecule has 0 aromatic heterocycles. The fourth-order valence-electron chi connectivity index (χ4n) is 1.57. The van der Waals surface area contributed by atoms with Gasteiger partial charge < -0.3 is 14.4 Å². The molecular weight excluding hydrogens is 234 g/mol. The second kappa shape index (κ2) is 6.70. The van der Waals surface area contributed by atoms with Crippen LogP contribution in [0, 0.1) is 0 Å². The van der Waals surface area contributed by atoms with E-state index in [9.17, 15) is 9.59 Å². The first-order valence-electron chi connectivity index (χ1n) is 5.30. The summed E-state index contributed by atoms with van der Waals surface area (Å²) in [6, 6.07) is -0.490. The Labute approximate surface area is 99.6 Å². The molecule has 1 aliphatic rings. The van der Waals surface area contributed by atoms with Crippen LogP contribution in [0.2, 0.25) is 0 Å². The van der Waals surface area contributed by atoms with Crippen molar-refractivity contribution in [2.75, 3.05) is 25.8 Å². The highest BCUT2D eigenvalue weighted by atomic mass is 35.5. The lowest BCUT2D eigenvalue weighted by atomic mass is 10.2. The minimum atomic E-state index is -0.522. The Hall–Kier alpha value is -0.810. The lowest BCUT2D eigenvalue weighted by Gasteiger charge is -2.20. The van der Waals surface area contributed by atoms with E-state index < -0.39 is 12.0 Å². The summed E-state index contributed by atoms with van der Waals surface area (Å²) in [4.78, 5) is 24.2. The maximum absolute atomic E-state index is 11.6. The molecule has 0 bridgehead atoms. The number of ether oxygens (including phenoxy) is 2. The van der Waals surface area contributed by atoms with Crippen LogP contribution in [0.5, 0.6) is 0 Å². The summed E-state index contributed by atoms with van der Waals surface area (Å²) in [6.45, 7) is 3.05. The van der Waals surface area contributed by atoms with Crippen LogP contribution in [-0.2, 0) is 19.1 Å². The number of carbonyl (C=O) groups is 2. The van der Waals surface area contributed by atoms with Gasteiger partial charge in [-0.3, -0.25) is 4.79 Å². The lowest BCUT2D eigenvalue weighted by molar-refractivity contribution is -0.152. The Morgan fingerprint density at radius 1 is 1.56 bits per heavy atom. The molecule has 6 heteroatoms. The van der Waals surface area contributed by atoms with Crippen LogP contribution in [0.15, 0.2) is 0 Å². The molecule has 1 atom stereocenters. The number of halogens is 1. The molecule has 1 amide bonds. The first-order chi connectivity index (χ1) is 7.70. The van der Waals surface area contributed by atoms with E-state index in [1.807, 2.05) is 6.92 Å². The van der Waals surface area contributed by atoms with E-state index in [0.717, 1.165) is 0 Å². The van der Waals surface area contributed by atoms with E-state index in [0.29, 0.717) is 26.1 Å². The third kappa shape index (κ3) is 3.35. The van der Waals surface area contributed by atoms with Gasteiger partial charge in [0.25, 0.3) is 0 Å². The molecule has 1 saturated heterocycles. The zero-order valence-electron chi connectivity index (χ0n) is 9.28. The fraction of sp³-hybridized carbons (Fsp3) is 0.800. The molecule has 5 nitrogen and oxygen atoms in total. The highest BCUT2D eigenvalue weighted by Gasteiger charge is 2.36. The molecule has 0 spiro atoms. The Morgan fingerprint density at radius 2 is 2.31 bits per heavy atom. The van der Waals surface area contributed by atoms with E-state index in [1.165, 1.54) is 4.90 Å². The number of amides is 1. The first kappa shape index (κ1) is 13.3. The number of rotatable bonds is 6. The molecule has 1 aliphatic heterocycles. The van der Waals surface area contributed by atoms with Gasteiger partial charge in [0, 0.05) is 13.0 Å². The molecule has 0 N–H and O–H groups in total. The van der Waals surface area contributed by atoms with E-state index in [-0.39, 0.29) is 18.5 Å².